The van der Waals surface area contributed by atoms with E-state index in [1.54, 1.807) is 16.8 Å². The van der Waals surface area contributed by atoms with Crippen LogP contribution in [0.5, 0.6) is 0 Å². The van der Waals surface area contributed by atoms with Crippen LogP contribution in [0.2, 0.25) is 0 Å². The highest BCUT2D eigenvalue weighted by Crippen LogP contribution is 2.29. The first-order chi connectivity index (χ1) is 12.5. The standard InChI is InChI=1S/C19H25N5O2.ClH/c1-4-21-18(25)13-6-5-12(2)17(7-13)23-19(26)16-10-20-9-15(16)14-8-22-24(3)11-14;/h5-8,11,15-16,20H,4,9-10H2,1-3H3,(H,21,25)(H,23,26);1H/t15-,16+;/m1./s1. The molecular weight excluding hydrogens is 366 g/mol. The molecule has 2 amide bonds. The lowest BCUT2D eigenvalue weighted by Gasteiger charge is -2.18. The van der Waals surface area contributed by atoms with Crippen molar-refractivity contribution in [1.29, 1.82) is 0 Å². The molecule has 1 aliphatic heterocycles. The van der Waals surface area contributed by atoms with Gasteiger partial charge in [0.15, 0.2) is 0 Å². The molecule has 1 saturated heterocycles. The van der Waals surface area contributed by atoms with Crippen molar-refractivity contribution in [3.63, 3.8) is 0 Å². The number of rotatable bonds is 5. The van der Waals surface area contributed by atoms with Gasteiger partial charge in [0.1, 0.15) is 0 Å². The highest BCUT2D eigenvalue weighted by atomic mass is 35.5. The molecule has 1 aromatic carbocycles. The molecule has 0 bridgehead atoms. The van der Waals surface area contributed by atoms with Crippen LogP contribution >= 0.6 is 12.4 Å². The highest BCUT2D eigenvalue weighted by molar-refractivity contribution is 5.98. The van der Waals surface area contributed by atoms with Crippen molar-refractivity contribution >= 4 is 29.9 Å². The summed E-state index contributed by atoms with van der Waals surface area (Å²) in [6.07, 6.45) is 3.78. The molecule has 1 aliphatic rings. The van der Waals surface area contributed by atoms with Gasteiger partial charge in [-0.3, -0.25) is 14.3 Å². The smallest absolute Gasteiger partial charge is 0.251 e. The van der Waals surface area contributed by atoms with Crippen molar-refractivity contribution in [2.24, 2.45) is 13.0 Å². The Morgan fingerprint density at radius 3 is 2.78 bits per heavy atom. The minimum Gasteiger partial charge on any atom is -0.352 e. The number of nitrogens with one attached hydrogen (secondary N) is 3. The van der Waals surface area contributed by atoms with E-state index < -0.39 is 0 Å². The average Bonchev–Trinajstić information content (AvgIpc) is 3.25. The number of hydrogen-bond acceptors (Lipinski definition) is 4. The Balaban J connectivity index is 0.00000261. The minimum absolute atomic E-state index is 0. The molecule has 2 heterocycles. The van der Waals surface area contributed by atoms with E-state index >= 15 is 0 Å². The number of benzene rings is 1. The van der Waals surface area contributed by atoms with Crippen LogP contribution < -0.4 is 16.0 Å². The number of nitrogens with zero attached hydrogens (tertiary/aromatic N) is 2. The SMILES string of the molecule is CCNC(=O)c1ccc(C)c(NC(=O)[C@H]2CNC[C@@H]2c2cnn(C)c2)c1.Cl. The Kier molecular flexibility index (Phi) is 6.98. The van der Waals surface area contributed by atoms with Crippen molar-refractivity contribution in [3.8, 4) is 0 Å². The summed E-state index contributed by atoms with van der Waals surface area (Å²) >= 11 is 0. The Hall–Kier alpha value is -2.38. The summed E-state index contributed by atoms with van der Waals surface area (Å²) in [5.74, 6) is -0.263. The Morgan fingerprint density at radius 2 is 2.11 bits per heavy atom. The molecule has 8 heteroatoms. The number of amides is 2. The monoisotopic (exact) mass is 391 g/mol. The van der Waals surface area contributed by atoms with Gasteiger partial charge >= 0.3 is 0 Å². The molecule has 2 aromatic rings. The number of aryl methyl sites for hydroxylation is 2. The third-order valence-electron chi connectivity index (χ3n) is 4.80. The summed E-state index contributed by atoms with van der Waals surface area (Å²) in [7, 11) is 1.87. The summed E-state index contributed by atoms with van der Waals surface area (Å²) in [4.78, 5) is 24.9. The molecule has 0 unspecified atom stereocenters. The number of aromatic nitrogens is 2. The molecule has 3 N–H and O–H groups in total. The molecule has 2 atom stereocenters. The van der Waals surface area contributed by atoms with E-state index in [-0.39, 0.29) is 36.1 Å². The molecule has 1 fully saturated rings. The van der Waals surface area contributed by atoms with E-state index in [1.807, 2.05) is 39.4 Å². The Bertz CT molecular complexity index is 820. The van der Waals surface area contributed by atoms with Gasteiger partial charge in [-0.2, -0.15) is 5.10 Å². The second-order valence-corrected chi connectivity index (χ2v) is 6.70. The van der Waals surface area contributed by atoms with Crippen LogP contribution in [-0.2, 0) is 11.8 Å². The van der Waals surface area contributed by atoms with Crippen molar-refractivity contribution in [2.45, 2.75) is 19.8 Å². The fourth-order valence-corrected chi connectivity index (χ4v) is 3.32. The molecular formula is C19H26ClN5O2. The average molecular weight is 392 g/mol. The van der Waals surface area contributed by atoms with Crippen LogP contribution in [0.3, 0.4) is 0 Å². The summed E-state index contributed by atoms with van der Waals surface area (Å²) in [5.41, 5.74) is 3.21. The van der Waals surface area contributed by atoms with Crippen LogP contribution in [0, 0.1) is 12.8 Å². The van der Waals surface area contributed by atoms with Crippen LogP contribution in [0.1, 0.15) is 34.3 Å². The van der Waals surface area contributed by atoms with Crippen LogP contribution in [0.15, 0.2) is 30.6 Å². The van der Waals surface area contributed by atoms with Gasteiger partial charge in [0.2, 0.25) is 5.91 Å². The van der Waals surface area contributed by atoms with E-state index in [0.29, 0.717) is 24.3 Å². The topological polar surface area (TPSA) is 88.1 Å². The molecule has 146 valence electrons. The first-order valence-electron chi connectivity index (χ1n) is 8.88. The minimum atomic E-state index is -0.174. The summed E-state index contributed by atoms with van der Waals surface area (Å²) in [6, 6.07) is 5.36. The lowest BCUT2D eigenvalue weighted by atomic mass is 9.90. The third kappa shape index (κ3) is 4.67. The van der Waals surface area contributed by atoms with E-state index in [0.717, 1.165) is 17.7 Å². The van der Waals surface area contributed by atoms with Gasteiger partial charge in [-0.15, -0.1) is 12.4 Å². The Labute approximate surface area is 165 Å². The fourth-order valence-electron chi connectivity index (χ4n) is 3.32. The van der Waals surface area contributed by atoms with Crippen molar-refractivity contribution in [1.82, 2.24) is 20.4 Å². The van der Waals surface area contributed by atoms with Gasteiger partial charge in [0.05, 0.1) is 12.1 Å². The van der Waals surface area contributed by atoms with Crippen LogP contribution in [0.4, 0.5) is 5.69 Å². The van der Waals surface area contributed by atoms with Crippen LogP contribution in [0.25, 0.3) is 0 Å². The van der Waals surface area contributed by atoms with Gasteiger partial charge in [-0.05, 0) is 37.1 Å². The normalized spacial score (nSPS) is 18.6. The molecule has 0 aliphatic carbocycles. The number of anilines is 1. The van der Waals surface area contributed by atoms with E-state index in [1.165, 1.54) is 0 Å². The second-order valence-electron chi connectivity index (χ2n) is 6.70. The zero-order chi connectivity index (χ0) is 18.7. The first kappa shape index (κ1) is 20.9. The number of carbonyl (C=O) groups is 2. The van der Waals surface area contributed by atoms with Crippen molar-refractivity contribution < 1.29 is 9.59 Å². The molecule has 0 spiro atoms. The molecule has 0 saturated carbocycles. The number of carbonyl (C=O) groups excluding carboxylic acids is 2. The Morgan fingerprint density at radius 1 is 1.33 bits per heavy atom. The molecule has 3 rings (SSSR count). The number of halogens is 1. The predicted octanol–water partition coefficient (Wildman–Crippen LogP) is 1.84. The first-order valence-corrected chi connectivity index (χ1v) is 8.88. The van der Waals surface area contributed by atoms with Gasteiger partial charge in [-0.1, -0.05) is 6.07 Å². The summed E-state index contributed by atoms with van der Waals surface area (Å²) < 4.78 is 1.75. The van der Waals surface area contributed by atoms with E-state index in [4.69, 9.17) is 0 Å². The predicted molar refractivity (Wildman–Crippen MR) is 107 cm³/mol. The van der Waals surface area contributed by atoms with Gasteiger partial charge < -0.3 is 16.0 Å². The van der Waals surface area contributed by atoms with E-state index in [9.17, 15) is 9.59 Å². The van der Waals surface area contributed by atoms with Gasteiger partial charge in [0, 0.05) is 50.0 Å². The quantitative estimate of drug-likeness (QED) is 0.725. The fraction of sp³-hybridized carbons (Fsp3) is 0.421. The summed E-state index contributed by atoms with van der Waals surface area (Å²) in [6.45, 7) is 5.74. The van der Waals surface area contributed by atoms with E-state index in [2.05, 4.69) is 21.0 Å². The maximum atomic E-state index is 12.9. The lowest BCUT2D eigenvalue weighted by molar-refractivity contribution is -0.119. The maximum absolute atomic E-state index is 12.9. The third-order valence-corrected chi connectivity index (χ3v) is 4.80. The van der Waals surface area contributed by atoms with Crippen LogP contribution in [-0.4, -0.2) is 41.2 Å². The van der Waals surface area contributed by atoms with Gasteiger partial charge in [0.25, 0.3) is 5.91 Å². The van der Waals surface area contributed by atoms with Crippen molar-refractivity contribution in [2.75, 3.05) is 25.0 Å². The second kappa shape index (κ2) is 9.01. The molecule has 27 heavy (non-hydrogen) atoms. The molecule has 0 radical (unpaired) electrons. The summed E-state index contributed by atoms with van der Waals surface area (Å²) in [5, 5.41) is 13.3. The highest BCUT2D eigenvalue weighted by Gasteiger charge is 2.34. The molecule has 1 aromatic heterocycles. The zero-order valence-electron chi connectivity index (χ0n) is 15.8. The van der Waals surface area contributed by atoms with Gasteiger partial charge in [-0.25, -0.2) is 0 Å². The van der Waals surface area contributed by atoms with Crippen molar-refractivity contribution in [3.05, 3.63) is 47.3 Å². The molecule has 7 nitrogen and oxygen atoms in total. The zero-order valence-corrected chi connectivity index (χ0v) is 16.6. The largest absolute Gasteiger partial charge is 0.352 e. The maximum Gasteiger partial charge on any atom is 0.251 e. The lowest BCUT2D eigenvalue weighted by Crippen LogP contribution is -2.28. The number of hydrogen-bond donors (Lipinski definition) is 3.